The first-order chi connectivity index (χ1) is 12.4. The molecule has 1 aliphatic heterocycles. The van der Waals surface area contributed by atoms with Crippen molar-refractivity contribution in [3.8, 4) is 0 Å². The number of carbonyl (C=O) groups is 3. The molecule has 0 bridgehead atoms. The van der Waals surface area contributed by atoms with Gasteiger partial charge in [0.2, 0.25) is 11.8 Å². The zero-order chi connectivity index (χ0) is 20.4. The molecule has 2 amide bonds. The number of hydrogen-bond donors (Lipinski definition) is 0. The number of likely N-dealkylation sites (tertiary alicyclic amines) is 1. The van der Waals surface area contributed by atoms with Gasteiger partial charge in [0.25, 0.3) is 0 Å². The molecule has 0 aromatic heterocycles. The zero-order valence-electron chi connectivity index (χ0n) is 17.2. The van der Waals surface area contributed by atoms with Crippen LogP contribution in [0.5, 0.6) is 0 Å². The van der Waals surface area contributed by atoms with E-state index in [0.717, 1.165) is 5.56 Å². The summed E-state index contributed by atoms with van der Waals surface area (Å²) in [6.07, 6.45) is 0.986. The van der Waals surface area contributed by atoms with Gasteiger partial charge in [0.15, 0.2) is 0 Å². The van der Waals surface area contributed by atoms with Gasteiger partial charge in [-0.05, 0) is 46.1 Å². The summed E-state index contributed by atoms with van der Waals surface area (Å²) in [7, 11) is 0. The first-order valence-corrected chi connectivity index (χ1v) is 9.54. The van der Waals surface area contributed by atoms with Gasteiger partial charge in [-0.3, -0.25) is 19.3 Å². The predicted molar refractivity (Wildman–Crippen MR) is 104 cm³/mol. The SMILES string of the molecule is C[C@@H]1CC(C)(C)C(=O)N1C(=O)[C@H](CC(=O)OC(C)(C)C)Cc1ccccc1. The van der Waals surface area contributed by atoms with Gasteiger partial charge in [-0.2, -0.15) is 0 Å². The third-order valence-corrected chi connectivity index (χ3v) is 4.79. The Hall–Kier alpha value is -2.17. The first kappa shape index (κ1) is 21.1. The Morgan fingerprint density at radius 1 is 1.22 bits per heavy atom. The monoisotopic (exact) mass is 373 g/mol. The molecule has 1 aromatic carbocycles. The van der Waals surface area contributed by atoms with Crippen molar-refractivity contribution in [1.29, 1.82) is 0 Å². The highest BCUT2D eigenvalue weighted by molar-refractivity contribution is 6.01. The molecule has 2 atom stereocenters. The Bertz CT molecular complexity index is 703. The molecule has 1 aliphatic rings. The van der Waals surface area contributed by atoms with E-state index in [2.05, 4.69) is 0 Å². The van der Waals surface area contributed by atoms with Crippen molar-refractivity contribution in [1.82, 2.24) is 4.90 Å². The number of imide groups is 1. The topological polar surface area (TPSA) is 63.7 Å². The third-order valence-electron chi connectivity index (χ3n) is 4.79. The van der Waals surface area contributed by atoms with Crippen LogP contribution in [0.3, 0.4) is 0 Å². The molecule has 0 aliphatic carbocycles. The summed E-state index contributed by atoms with van der Waals surface area (Å²) in [4.78, 5) is 39.7. The van der Waals surface area contributed by atoms with Gasteiger partial charge in [-0.15, -0.1) is 0 Å². The number of benzene rings is 1. The maximum Gasteiger partial charge on any atom is 0.307 e. The second-order valence-corrected chi connectivity index (χ2v) is 9.13. The van der Waals surface area contributed by atoms with Crippen LogP contribution in [0.2, 0.25) is 0 Å². The minimum Gasteiger partial charge on any atom is -0.460 e. The fourth-order valence-electron chi connectivity index (χ4n) is 3.69. The third kappa shape index (κ3) is 5.41. The Kier molecular flexibility index (Phi) is 6.13. The van der Waals surface area contributed by atoms with Gasteiger partial charge in [0.05, 0.1) is 12.3 Å². The normalized spacial score (nSPS) is 20.4. The Morgan fingerprint density at radius 2 is 1.81 bits per heavy atom. The average molecular weight is 373 g/mol. The van der Waals surface area contributed by atoms with Gasteiger partial charge in [0.1, 0.15) is 5.60 Å². The van der Waals surface area contributed by atoms with Crippen molar-refractivity contribution >= 4 is 17.8 Å². The highest BCUT2D eigenvalue weighted by Gasteiger charge is 2.47. The summed E-state index contributed by atoms with van der Waals surface area (Å²) in [5.74, 6) is -1.49. The van der Waals surface area contributed by atoms with Crippen molar-refractivity contribution in [3.63, 3.8) is 0 Å². The fraction of sp³-hybridized carbons (Fsp3) is 0.591. The van der Waals surface area contributed by atoms with Crippen molar-refractivity contribution in [2.45, 2.75) is 72.4 Å². The number of amides is 2. The standard InChI is InChI=1S/C22H31NO4/c1-15-14-22(5,6)20(26)23(15)19(25)17(12-16-10-8-7-9-11-16)13-18(24)27-21(2,3)4/h7-11,15,17H,12-14H2,1-6H3/t15-,17+/m1/s1. The largest absolute Gasteiger partial charge is 0.460 e. The zero-order valence-corrected chi connectivity index (χ0v) is 17.2. The molecule has 1 aromatic rings. The number of ether oxygens (including phenoxy) is 1. The van der Waals surface area contributed by atoms with E-state index in [-0.39, 0.29) is 24.3 Å². The van der Waals surface area contributed by atoms with Crippen LogP contribution in [0, 0.1) is 11.3 Å². The molecular weight excluding hydrogens is 342 g/mol. The van der Waals surface area contributed by atoms with E-state index in [1.807, 2.05) is 51.1 Å². The van der Waals surface area contributed by atoms with Crippen LogP contribution in [0.1, 0.15) is 59.9 Å². The second kappa shape index (κ2) is 7.83. The molecule has 2 rings (SSSR count). The van der Waals surface area contributed by atoms with Crippen LogP contribution in [0.25, 0.3) is 0 Å². The van der Waals surface area contributed by atoms with Crippen LogP contribution in [0.4, 0.5) is 0 Å². The van der Waals surface area contributed by atoms with Gasteiger partial charge in [-0.1, -0.05) is 44.2 Å². The molecule has 5 heteroatoms. The summed E-state index contributed by atoms with van der Waals surface area (Å²) < 4.78 is 5.42. The number of carbonyl (C=O) groups excluding carboxylic acids is 3. The van der Waals surface area contributed by atoms with E-state index >= 15 is 0 Å². The second-order valence-electron chi connectivity index (χ2n) is 9.13. The lowest BCUT2D eigenvalue weighted by Crippen LogP contribution is -2.44. The smallest absolute Gasteiger partial charge is 0.307 e. The summed E-state index contributed by atoms with van der Waals surface area (Å²) in [6.45, 7) is 11.0. The van der Waals surface area contributed by atoms with Crippen molar-refractivity contribution in [2.75, 3.05) is 0 Å². The molecule has 0 N–H and O–H groups in total. The molecule has 1 fully saturated rings. The molecule has 1 saturated heterocycles. The predicted octanol–water partition coefficient (Wildman–Crippen LogP) is 3.75. The summed E-state index contributed by atoms with van der Waals surface area (Å²) in [5.41, 5.74) is -0.216. The van der Waals surface area contributed by atoms with Crippen molar-refractivity contribution in [2.24, 2.45) is 11.3 Å². The van der Waals surface area contributed by atoms with Crippen LogP contribution in [-0.4, -0.2) is 34.3 Å². The van der Waals surface area contributed by atoms with Crippen LogP contribution >= 0.6 is 0 Å². The number of hydrogen-bond acceptors (Lipinski definition) is 4. The maximum atomic E-state index is 13.3. The molecule has 0 unspecified atom stereocenters. The fourth-order valence-corrected chi connectivity index (χ4v) is 3.69. The Morgan fingerprint density at radius 3 is 2.30 bits per heavy atom. The van der Waals surface area contributed by atoms with Gasteiger partial charge < -0.3 is 4.74 Å². The molecular formula is C22H31NO4. The van der Waals surface area contributed by atoms with E-state index in [9.17, 15) is 14.4 Å². The van der Waals surface area contributed by atoms with E-state index in [1.165, 1.54) is 4.90 Å². The van der Waals surface area contributed by atoms with E-state index < -0.39 is 22.9 Å². The van der Waals surface area contributed by atoms with Crippen LogP contribution in [0.15, 0.2) is 30.3 Å². The van der Waals surface area contributed by atoms with Gasteiger partial charge in [0, 0.05) is 11.5 Å². The molecule has 0 spiro atoms. The summed E-state index contributed by atoms with van der Waals surface area (Å²) in [6, 6.07) is 9.39. The molecule has 0 saturated carbocycles. The molecule has 5 nitrogen and oxygen atoms in total. The highest BCUT2D eigenvalue weighted by atomic mass is 16.6. The number of nitrogens with zero attached hydrogens (tertiary/aromatic N) is 1. The lowest BCUT2D eigenvalue weighted by atomic mass is 9.90. The molecule has 0 radical (unpaired) electrons. The number of esters is 1. The Balaban J connectivity index is 2.24. The van der Waals surface area contributed by atoms with E-state index in [1.54, 1.807) is 20.8 Å². The van der Waals surface area contributed by atoms with E-state index in [4.69, 9.17) is 4.74 Å². The van der Waals surface area contributed by atoms with Crippen LogP contribution in [-0.2, 0) is 25.5 Å². The Labute approximate surface area is 162 Å². The van der Waals surface area contributed by atoms with Crippen molar-refractivity contribution in [3.05, 3.63) is 35.9 Å². The minimum absolute atomic E-state index is 0.0398. The lowest BCUT2D eigenvalue weighted by Gasteiger charge is -2.27. The quantitative estimate of drug-likeness (QED) is 0.738. The van der Waals surface area contributed by atoms with Gasteiger partial charge >= 0.3 is 5.97 Å². The average Bonchev–Trinajstić information content (AvgIpc) is 2.73. The maximum absolute atomic E-state index is 13.3. The van der Waals surface area contributed by atoms with Crippen LogP contribution < -0.4 is 0 Å². The van der Waals surface area contributed by atoms with E-state index in [0.29, 0.717) is 12.8 Å². The lowest BCUT2D eigenvalue weighted by molar-refractivity contribution is -0.160. The summed E-state index contributed by atoms with van der Waals surface area (Å²) in [5, 5.41) is 0. The highest BCUT2D eigenvalue weighted by Crippen LogP contribution is 2.36. The number of rotatable bonds is 5. The summed E-state index contributed by atoms with van der Waals surface area (Å²) >= 11 is 0. The van der Waals surface area contributed by atoms with Crippen molar-refractivity contribution < 1.29 is 19.1 Å². The van der Waals surface area contributed by atoms with Gasteiger partial charge in [-0.25, -0.2) is 0 Å². The molecule has 1 heterocycles. The first-order valence-electron chi connectivity index (χ1n) is 9.54. The molecule has 27 heavy (non-hydrogen) atoms. The minimum atomic E-state index is -0.623. The molecule has 148 valence electrons.